The van der Waals surface area contributed by atoms with E-state index in [0.717, 1.165) is 38.4 Å². The summed E-state index contributed by atoms with van der Waals surface area (Å²) in [4.78, 5) is 21.7. The molecule has 9 nitrogen and oxygen atoms in total. The molecule has 1 fully saturated rings. The minimum Gasteiger partial charge on any atom is -0.379 e. The normalized spacial score (nSPS) is 14.8. The van der Waals surface area contributed by atoms with E-state index < -0.39 is 4.92 Å². The summed E-state index contributed by atoms with van der Waals surface area (Å²) in [5.74, 6) is 1.40. The highest BCUT2D eigenvalue weighted by Crippen LogP contribution is 2.25. The molecular weight excluding hydrogens is 336 g/mol. The summed E-state index contributed by atoms with van der Waals surface area (Å²) >= 11 is 0. The molecule has 0 aromatic carbocycles. The molecule has 0 unspecified atom stereocenters. The number of aromatic nitrogens is 2. The zero-order chi connectivity index (χ0) is 18.4. The Morgan fingerprint density at radius 2 is 2.08 bits per heavy atom. The first kappa shape index (κ1) is 18.0. The van der Waals surface area contributed by atoms with Crippen LogP contribution >= 0.6 is 0 Å². The highest BCUT2D eigenvalue weighted by molar-refractivity contribution is 5.63. The average Bonchev–Trinajstić information content (AvgIpc) is 2.63. The molecule has 0 saturated carbocycles. The number of rotatable bonds is 7. The van der Waals surface area contributed by atoms with Gasteiger partial charge >= 0.3 is 5.69 Å². The van der Waals surface area contributed by atoms with Crippen molar-refractivity contribution < 1.29 is 9.66 Å². The fourth-order valence-electron chi connectivity index (χ4n) is 2.69. The Balaban J connectivity index is 1.68. The van der Waals surface area contributed by atoms with Crippen molar-refractivity contribution in [3.63, 3.8) is 0 Å². The number of hydrogen-bond donors (Lipinski definition) is 2. The van der Waals surface area contributed by atoms with E-state index in [0.29, 0.717) is 18.2 Å². The molecule has 0 spiro atoms. The predicted molar refractivity (Wildman–Crippen MR) is 98.9 cm³/mol. The number of aryl methyl sites for hydroxylation is 1. The van der Waals surface area contributed by atoms with Gasteiger partial charge in [-0.15, -0.1) is 0 Å². The summed E-state index contributed by atoms with van der Waals surface area (Å²) in [5.41, 5.74) is 1.02. The Hall–Kier alpha value is -2.78. The van der Waals surface area contributed by atoms with E-state index in [9.17, 15) is 10.1 Å². The minimum atomic E-state index is -0.432. The summed E-state index contributed by atoms with van der Waals surface area (Å²) in [7, 11) is 0. The predicted octanol–water partition coefficient (Wildman–Crippen LogP) is 2.18. The van der Waals surface area contributed by atoms with Crippen molar-refractivity contribution in [1.29, 1.82) is 0 Å². The third-order valence-corrected chi connectivity index (χ3v) is 4.07. The quantitative estimate of drug-likeness (QED) is 0.573. The molecule has 26 heavy (non-hydrogen) atoms. The molecule has 3 rings (SSSR count). The maximum atomic E-state index is 11.3. The average molecular weight is 358 g/mol. The Morgan fingerprint density at radius 3 is 2.81 bits per heavy atom. The number of nitrogens with zero attached hydrogens (tertiary/aromatic N) is 4. The number of hydrogen-bond acceptors (Lipinski definition) is 8. The van der Waals surface area contributed by atoms with Gasteiger partial charge in [-0.1, -0.05) is 0 Å². The molecule has 3 heterocycles. The Kier molecular flexibility index (Phi) is 5.92. The molecule has 138 valence electrons. The summed E-state index contributed by atoms with van der Waals surface area (Å²) in [6.45, 7) is 6.51. The van der Waals surface area contributed by atoms with E-state index in [2.05, 4.69) is 25.5 Å². The van der Waals surface area contributed by atoms with Gasteiger partial charge in [0.25, 0.3) is 0 Å². The summed E-state index contributed by atoms with van der Waals surface area (Å²) in [6, 6.07) is 6.80. The van der Waals surface area contributed by atoms with Crippen molar-refractivity contribution in [2.45, 2.75) is 6.92 Å². The number of pyridine rings is 2. The van der Waals surface area contributed by atoms with Crippen molar-refractivity contribution >= 4 is 23.1 Å². The number of anilines is 3. The smallest absolute Gasteiger partial charge is 0.311 e. The van der Waals surface area contributed by atoms with Gasteiger partial charge in [0.15, 0.2) is 0 Å². The lowest BCUT2D eigenvalue weighted by atomic mass is 10.3. The molecule has 2 N–H and O–H groups in total. The van der Waals surface area contributed by atoms with Crippen molar-refractivity contribution in [3.8, 4) is 0 Å². The second-order valence-corrected chi connectivity index (χ2v) is 6.05. The fourth-order valence-corrected chi connectivity index (χ4v) is 2.69. The topological polar surface area (TPSA) is 105 Å². The Bertz CT molecular complexity index is 764. The molecule has 1 aliphatic heterocycles. The largest absolute Gasteiger partial charge is 0.379 e. The summed E-state index contributed by atoms with van der Waals surface area (Å²) in [6.07, 6.45) is 1.70. The zero-order valence-electron chi connectivity index (χ0n) is 14.6. The lowest BCUT2D eigenvalue weighted by molar-refractivity contribution is -0.384. The standard InChI is InChI=1S/C17H22N6O3/c1-13-4-5-18-16(12-13)20-15-3-2-14(23(24)25)17(21-15)19-6-7-22-8-10-26-11-9-22/h2-5,12H,6-11H2,1H3,(H2,18,19,20,21). The van der Waals surface area contributed by atoms with Crippen LogP contribution in [0, 0.1) is 17.0 Å². The molecule has 0 bridgehead atoms. The van der Waals surface area contributed by atoms with Crippen molar-refractivity contribution in [1.82, 2.24) is 14.9 Å². The second-order valence-electron chi connectivity index (χ2n) is 6.05. The first-order valence-electron chi connectivity index (χ1n) is 8.51. The first-order chi connectivity index (χ1) is 12.6. The molecule has 2 aromatic rings. The fraction of sp³-hybridized carbons (Fsp3) is 0.412. The van der Waals surface area contributed by atoms with Gasteiger partial charge in [0.05, 0.1) is 18.1 Å². The van der Waals surface area contributed by atoms with E-state index in [4.69, 9.17) is 4.74 Å². The second kappa shape index (κ2) is 8.54. The molecule has 0 aliphatic carbocycles. The van der Waals surface area contributed by atoms with E-state index in [1.54, 1.807) is 12.3 Å². The zero-order valence-corrected chi connectivity index (χ0v) is 14.6. The van der Waals surface area contributed by atoms with Gasteiger partial charge in [-0.05, 0) is 30.7 Å². The van der Waals surface area contributed by atoms with E-state index in [1.165, 1.54) is 6.07 Å². The van der Waals surface area contributed by atoms with Gasteiger partial charge in [-0.3, -0.25) is 15.0 Å². The Labute approximate surface area is 151 Å². The van der Waals surface area contributed by atoms with Gasteiger partial charge < -0.3 is 15.4 Å². The van der Waals surface area contributed by atoms with Gasteiger partial charge in [0.1, 0.15) is 11.6 Å². The van der Waals surface area contributed by atoms with Crippen LogP contribution in [-0.4, -0.2) is 59.2 Å². The third kappa shape index (κ3) is 4.87. The monoisotopic (exact) mass is 358 g/mol. The van der Waals surface area contributed by atoms with Gasteiger partial charge in [0.2, 0.25) is 5.82 Å². The summed E-state index contributed by atoms with van der Waals surface area (Å²) < 4.78 is 5.32. The van der Waals surface area contributed by atoms with Crippen LogP contribution in [0.5, 0.6) is 0 Å². The molecule has 1 aliphatic rings. The molecular formula is C17H22N6O3. The SMILES string of the molecule is Cc1ccnc(Nc2ccc([N+](=O)[O-])c(NCCN3CCOCC3)n2)c1. The van der Waals surface area contributed by atoms with E-state index in [1.807, 2.05) is 19.1 Å². The highest BCUT2D eigenvalue weighted by atomic mass is 16.6. The molecule has 0 radical (unpaired) electrons. The third-order valence-electron chi connectivity index (χ3n) is 4.07. The number of ether oxygens (including phenoxy) is 1. The van der Waals surface area contributed by atoms with Crippen molar-refractivity contribution in [3.05, 3.63) is 46.1 Å². The molecule has 0 atom stereocenters. The molecule has 1 saturated heterocycles. The van der Waals surface area contributed by atoms with E-state index in [-0.39, 0.29) is 11.5 Å². The van der Waals surface area contributed by atoms with Crippen LogP contribution in [0.2, 0.25) is 0 Å². The number of nitrogens with one attached hydrogen (secondary N) is 2. The summed E-state index contributed by atoms with van der Waals surface area (Å²) in [5, 5.41) is 17.4. The van der Waals surface area contributed by atoms with E-state index >= 15 is 0 Å². The van der Waals surface area contributed by atoms with Crippen LogP contribution in [0.1, 0.15) is 5.56 Å². The first-order valence-corrected chi connectivity index (χ1v) is 8.51. The van der Waals surface area contributed by atoms with Gasteiger partial charge in [-0.25, -0.2) is 9.97 Å². The minimum absolute atomic E-state index is 0.0465. The molecule has 0 amide bonds. The number of morpholine rings is 1. The highest BCUT2D eigenvalue weighted by Gasteiger charge is 2.17. The van der Waals surface area contributed by atoms with Crippen LogP contribution in [0.3, 0.4) is 0 Å². The van der Waals surface area contributed by atoms with Crippen LogP contribution in [-0.2, 0) is 4.74 Å². The lowest BCUT2D eigenvalue weighted by Gasteiger charge is -2.26. The maximum absolute atomic E-state index is 11.3. The number of nitro groups is 1. The van der Waals surface area contributed by atoms with Crippen LogP contribution in [0.25, 0.3) is 0 Å². The Morgan fingerprint density at radius 1 is 1.27 bits per heavy atom. The molecule has 9 heteroatoms. The maximum Gasteiger partial charge on any atom is 0.311 e. The van der Waals surface area contributed by atoms with Crippen LogP contribution in [0.15, 0.2) is 30.5 Å². The molecule has 2 aromatic heterocycles. The van der Waals surface area contributed by atoms with Crippen LogP contribution in [0.4, 0.5) is 23.1 Å². The lowest BCUT2D eigenvalue weighted by Crippen LogP contribution is -2.39. The van der Waals surface area contributed by atoms with Gasteiger partial charge in [-0.2, -0.15) is 0 Å². The van der Waals surface area contributed by atoms with Crippen molar-refractivity contribution in [2.75, 3.05) is 50.0 Å². The van der Waals surface area contributed by atoms with Crippen molar-refractivity contribution in [2.24, 2.45) is 0 Å². The van der Waals surface area contributed by atoms with Crippen LogP contribution < -0.4 is 10.6 Å². The van der Waals surface area contributed by atoms with Gasteiger partial charge in [0, 0.05) is 38.4 Å².